The zero-order valence-corrected chi connectivity index (χ0v) is 21.4. The van der Waals surface area contributed by atoms with Crippen molar-refractivity contribution in [2.75, 3.05) is 39.3 Å². The highest BCUT2D eigenvalue weighted by molar-refractivity contribution is 7.89. The van der Waals surface area contributed by atoms with E-state index in [0.717, 1.165) is 45.3 Å². The summed E-state index contributed by atoms with van der Waals surface area (Å²) in [5.41, 5.74) is -0.936. The molecule has 9 nitrogen and oxygen atoms in total. The van der Waals surface area contributed by atoms with Gasteiger partial charge in [-0.2, -0.15) is 4.31 Å². The quantitative estimate of drug-likeness (QED) is 0.660. The lowest BCUT2D eigenvalue weighted by Gasteiger charge is -2.37. The summed E-state index contributed by atoms with van der Waals surface area (Å²) < 4.78 is 27.5. The van der Waals surface area contributed by atoms with Crippen LogP contribution in [0.2, 0.25) is 5.02 Å². The van der Waals surface area contributed by atoms with Gasteiger partial charge in [0, 0.05) is 50.2 Å². The topological polar surface area (TPSA) is 102 Å². The van der Waals surface area contributed by atoms with E-state index >= 15 is 0 Å². The molecule has 3 amide bonds. The Bertz CT molecular complexity index is 1130. The van der Waals surface area contributed by atoms with E-state index in [1.807, 2.05) is 9.80 Å². The van der Waals surface area contributed by atoms with Crippen LogP contribution >= 0.6 is 11.6 Å². The number of nitrogens with one attached hydrogen (secondary N) is 1. The number of rotatable bonds is 3. The van der Waals surface area contributed by atoms with Gasteiger partial charge in [-0.25, -0.2) is 13.2 Å². The second-order valence-corrected chi connectivity index (χ2v) is 12.3. The van der Waals surface area contributed by atoms with Crippen molar-refractivity contribution in [3.05, 3.63) is 29.3 Å². The summed E-state index contributed by atoms with van der Waals surface area (Å²) in [7, 11) is -3.69. The molecule has 0 radical (unpaired) electrons. The highest BCUT2D eigenvalue weighted by Crippen LogP contribution is 2.34. The molecule has 1 aromatic rings. The number of benzene rings is 1. The summed E-state index contributed by atoms with van der Waals surface area (Å²) in [4.78, 5) is 34.9. The summed E-state index contributed by atoms with van der Waals surface area (Å²) in [6, 6.07) is 6.32. The molecule has 0 aliphatic carbocycles. The molecule has 1 atom stereocenters. The Morgan fingerprint density at radius 3 is 2.46 bits per heavy atom. The Morgan fingerprint density at radius 1 is 1.03 bits per heavy atom. The number of hydrogen-bond acceptors (Lipinski definition) is 5. The molecule has 5 rings (SSSR count). The van der Waals surface area contributed by atoms with Crippen molar-refractivity contribution in [2.45, 2.75) is 55.4 Å². The Labute approximate surface area is 211 Å². The predicted octanol–water partition coefficient (Wildman–Crippen LogP) is 2.71. The fraction of sp³-hybridized carbons (Fsp3) is 0.625. The first-order valence-electron chi connectivity index (χ1n) is 12.5. The number of urea groups is 1. The van der Waals surface area contributed by atoms with Gasteiger partial charge in [0.15, 0.2) is 0 Å². The smallest absolute Gasteiger partial charge is 0.320 e. The fourth-order valence-electron chi connectivity index (χ4n) is 5.61. The monoisotopic (exact) mass is 521 g/mol. The second kappa shape index (κ2) is 9.71. The molecule has 1 aromatic carbocycles. The number of amides is 3. The third-order valence-electron chi connectivity index (χ3n) is 7.69. The van der Waals surface area contributed by atoms with Gasteiger partial charge in [-0.15, -0.1) is 0 Å². The van der Waals surface area contributed by atoms with Crippen LogP contribution in [0.25, 0.3) is 0 Å². The number of amidine groups is 1. The van der Waals surface area contributed by atoms with Crippen LogP contribution in [-0.4, -0.2) is 85.1 Å². The molecule has 1 unspecified atom stereocenters. The maximum absolute atomic E-state index is 13.1. The molecule has 35 heavy (non-hydrogen) atoms. The maximum Gasteiger partial charge on any atom is 0.320 e. The minimum Gasteiger partial charge on any atom is -0.325 e. The van der Waals surface area contributed by atoms with E-state index in [2.05, 4.69) is 5.32 Å². The van der Waals surface area contributed by atoms with Crippen LogP contribution in [0.4, 0.5) is 4.79 Å². The molecule has 0 aromatic heterocycles. The van der Waals surface area contributed by atoms with Gasteiger partial charge in [0.05, 0.1) is 4.90 Å². The standard InChI is InChI=1S/C24H32ClN5O4S/c25-19-7-4-8-20(16-19)35(33,34)30-14-9-24(10-15-30)22(31)26-21(27-24)18-6-5-13-29(17-18)23(32)28-11-2-1-3-12-28/h4,7-8,16,18H,1-3,5-6,9-15,17H2,(H,26,27,31). The average Bonchev–Trinajstić information content (AvgIpc) is 3.19. The third kappa shape index (κ3) is 4.80. The summed E-state index contributed by atoms with van der Waals surface area (Å²) in [5.74, 6) is 0.484. The van der Waals surface area contributed by atoms with Gasteiger partial charge in [0.25, 0.3) is 5.91 Å². The lowest BCUT2D eigenvalue weighted by Crippen LogP contribution is -2.52. The Balaban J connectivity index is 1.25. The first-order chi connectivity index (χ1) is 16.8. The van der Waals surface area contributed by atoms with Crippen LogP contribution in [0.15, 0.2) is 34.2 Å². The Kier molecular flexibility index (Phi) is 6.80. The number of carbonyl (C=O) groups excluding carboxylic acids is 2. The van der Waals surface area contributed by atoms with Crippen LogP contribution in [-0.2, 0) is 14.8 Å². The van der Waals surface area contributed by atoms with Crippen molar-refractivity contribution >= 4 is 39.4 Å². The van der Waals surface area contributed by atoms with E-state index in [1.165, 1.54) is 22.9 Å². The lowest BCUT2D eigenvalue weighted by molar-refractivity contribution is -0.125. The van der Waals surface area contributed by atoms with Gasteiger partial charge in [0.2, 0.25) is 10.0 Å². The zero-order valence-electron chi connectivity index (χ0n) is 19.8. The van der Waals surface area contributed by atoms with E-state index in [-0.39, 0.29) is 35.8 Å². The van der Waals surface area contributed by atoms with Crippen molar-refractivity contribution in [3.8, 4) is 0 Å². The fourth-order valence-corrected chi connectivity index (χ4v) is 7.35. The van der Waals surface area contributed by atoms with Crippen LogP contribution in [0, 0.1) is 5.92 Å². The van der Waals surface area contributed by atoms with Crippen molar-refractivity contribution in [1.29, 1.82) is 0 Å². The molecule has 11 heteroatoms. The van der Waals surface area contributed by atoms with Crippen LogP contribution < -0.4 is 5.32 Å². The number of hydrogen-bond donors (Lipinski definition) is 1. The van der Waals surface area contributed by atoms with Gasteiger partial charge < -0.3 is 15.1 Å². The van der Waals surface area contributed by atoms with E-state index in [9.17, 15) is 18.0 Å². The van der Waals surface area contributed by atoms with Gasteiger partial charge in [-0.3, -0.25) is 9.79 Å². The largest absolute Gasteiger partial charge is 0.325 e. The average molecular weight is 522 g/mol. The molecule has 190 valence electrons. The number of halogens is 1. The molecule has 0 bridgehead atoms. The summed E-state index contributed by atoms with van der Waals surface area (Å²) >= 11 is 5.99. The number of piperidine rings is 3. The molecule has 3 fully saturated rings. The SMILES string of the molecule is O=C(N1CCCCC1)N1CCCC(C2=NC3(CCN(S(=O)(=O)c4cccc(Cl)c4)CC3)C(=O)N2)C1. The van der Waals surface area contributed by atoms with Crippen molar-refractivity contribution in [1.82, 2.24) is 19.4 Å². The van der Waals surface area contributed by atoms with Gasteiger partial charge in [-0.05, 0) is 63.1 Å². The molecule has 3 saturated heterocycles. The van der Waals surface area contributed by atoms with E-state index < -0.39 is 15.6 Å². The molecule has 0 saturated carbocycles. The lowest BCUT2D eigenvalue weighted by atomic mass is 9.89. The minimum atomic E-state index is -3.69. The first kappa shape index (κ1) is 24.5. The van der Waals surface area contributed by atoms with Crippen LogP contribution in [0.3, 0.4) is 0 Å². The summed E-state index contributed by atoms with van der Waals surface area (Å²) in [6.45, 7) is 3.34. The van der Waals surface area contributed by atoms with Crippen molar-refractivity contribution in [2.24, 2.45) is 10.9 Å². The van der Waals surface area contributed by atoms with Crippen LogP contribution in [0.5, 0.6) is 0 Å². The molecular weight excluding hydrogens is 490 g/mol. The highest BCUT2D eigenvalue weighted by atomic mass is 35.5. The number of carbonyl (C=O) groups is 2. The third-order valence-corrected chi connectivity index (χ3v) is 9.82. The number of likely N-dealkylation sites (tertiary alicyclic amines) is 2. The predicted molar refractivity (Wildman–Crippen MR) is 133 cm³/mol. The van der Waals surface area contributed by atoms with Crippen LogP contribution in [0.1, 0.15) is 44.9 Å². The normalized spacial score (nSPS) is 25.5. The van der Waals surface area contributed by atoms with Crippen molar-refractivity contribution in [3.63, 3.8) is 0 Å². The molecule has 4 aliphatic rings. The van der Waals surface area contributed by atoms with Gasteiger partial charge >= 0.3 is 6.03 Å². The van der Waals surface area contributed by atoms with Gasteiger partial charge in [0.1, 0.15) is 11.4 Å². The number of aliphatic imine (C=N–C) groups is 1. The van der Waals surface area contributed by atoms with E-state index in [0.29, 0.717) is 30.2 Å². The second-order valence-electron chi connectivity index (χ2n) is 9.96. The van der Waals surface area contributed by atoms with E-state index in [1.54, 1.807) is 12.1 Å². The molecule has 4 heterocycles. The van der Waals surface area contributed by atoms with E-state index in [4.69, 9.17) is 16.6 Å². The zero-order chi connectivity index (χ0) is 24.6. The first-order valence-corrected chi connectivity index (χ1v) is 14.3. The molecule has 1 spiro atoms. The minimum absolute atomic E-state index is 0.00552. The van der Waals surface area contributed by atoms with Gasteiger partial charge in [-0.1, -0.05) is 17.7 Å². The molecule has 4 aliphatic heterocycles. The summed E-state index contributed by atoms with van der Waals surface area (Å²) in [6.07, 6.45) is 5.68. The Hall–Kier alpha value is -2.17. The highest BCUT2D eigenvalue weighted by Gasteiger charge is 2.49. The molecular formula is C24H32ClN5O4S. The summed E-state index contributed by atoms with van der Waals surface area (Å²) in [5, 5.41) is 3.36. The van der Waals surface area contributed by atoms with Crippen molar-refractivity contribution < 1.29 is 18.0 Å². The maximum atomic E-state index is 13.1. The number of nitrogens with zero attached hydrogens (tertiary/aromatic N) is 4. The number of sulfonamides is 1. The molecule has 1 N–H and O–H groups in total. The Morgan fingerprint density at radius 2 is 1.74 bits per heavy atom.